The summed E-state index contributed by atoms with van der Waals surface area (Å²) in [6, 6.07) is 7.18. The predicted octanol–water partition coefficient (Wildman–Crippen LogP) is 2.28. The van der Waals surface area contributed by atoms with Crippen LogP contribution < -0.4 is 21.3 Å². The van der Waals surface area contributed by atoms with E-state index < -0.39 is 11.2 Å². The average molecular weight is 444 g/mol. The van der Waals surface area contributed by atoms with Gasteiger partial charge in [0.25, 0.3) is 5.56 Å². The van der Waals surface area contributed by atoms with Crippen molar-refractivity contribution in [3.05, 3.63) is 50.9 Å². The maximum atomic E-state index is 12.8. The van der Waals surface area contributed by atoms with Gasteiger partial charge in [-0.3, -0.25) is 18.7 Å². The Morgan fingerprint density at radius 3 is 2.55 bits per heavy atom. The fourth-order valence-electron chi connectivity index (χ4n) is 2.98. The second-order valence-corrected chi connectivity index (χ2v) is 8.18. The quantitative estimate of drug-likeness (QED) is 0.441. The Kier molecular flexibility index (Phi) is 6.79. The first kappa shape index (κ1) is 22.5. The standard InChI is InChI=1S/C21H25N5O4S/c1-6-30-14-10-8-7-9-13(14)22-15(27)11-31-19-16-18(23-17(24-19)12(2)3)25(4)21(29)26(5)20(16)28/h7-10,12H,6,11H2,1-5H3,(H,22,27). The van der Waals surface area contributed by atoms with E-state index in [0.29, 0.717) is 28.9 Å². The van der Waals surface area contributed by atoms with E-state index in [0.717, 1.165) is 16.3 Å². The number of ether oxygens (including phenoxy) is 1. The highest BCUT2D eigenvalue weighted by Crippen LogP contribution is 2.26. The maximum Gasteiger partial charge on any atom is 0.332 e. The molecule has 0 saturated heterocycles. The van der Waals surface area contributed by atoms with Crippen LogP contribution in [0.3, 0.4) is 0 Å². The Bertz CT molecular complexity index is 1250. The number of para-hydroxylation sites is 2. The number of rotatable bonds is 7. The lowest BCUT2D eigenvalue weighted by Gasteiger charge is -2.14. The van der Waals surface area contributed by atoms with E-state index in [1.165, 1.54) is 11.6 Å². The van der Waals surface area contributed by atoms with E-state index in [2.05, 4.69) is 15.3 Å². The summed E-state index contributed by atoms with van der Waals surface area (Å²) in [6.07, 6.45) is 0. The van der Waals surface area contributed by atoms with Crippen LogP contribution in [0.1, 0.15) is 32.5 Å². The van der Waals surface area contributed by atoms with Gasteiger partial charge in [0.2, 0.25) is 5.91 Å². The van der Waals surface area contributed by atoms with Crippen molar-refractivity contribution in [2.24, 2.45) is 14.1 Å². The number of aryl methyl sites for hydroxylation is 1. The molecule has 0 saturated carbocycles. The molecule has 0 radical (unpaired) electrons. The Morgan fingerprint density at radius 2 is 1.87 bits per heavy atom. The molecule has 0 spiro atoms. The van der Waals surface area contributed by atoms with Crippen molar-refractivity contribution in [3.8, 4) is 5.75 Å². The fraction of sp³-hybridized carbons (Fsp3) is 0.381. The minimum absolute atomic E-state index is 0.0187. The van der Waals surface area contributed by atoms with Crippen LogP contribution in [0.4, 0.5) is 5.69 Å². The number of thioether (sulfide) groups is 1. The summed E-state index contributed by atoms with van der Waals surface area (Å²) < 4.78 is 7.88. The second kappa shape index (κ2) is 9.34. The molecule has 1 aromatic carbocycles. The molecule has 3 rings (SSSR count). The summed E-state index contributed by atoms with van der Waals surface area (Å²) >= 11 is 1.13. The number of carbonyl (C=O) groups is 1. The summed E-state index contributed by atoms with van der Waals surface area (Å²) in [6.45, 7) is 6.20. The van der Waals surface area contributed by atoms with E-state index in [4.69, 9.17) is 4.74 Å². The van der Waals surface area contributed by atoms with Gasteiger partial charge < -0.3 is 10.1 Å². The molecule has 1 amide bonds. The minimum Gasteiger partial charge on any atom is -0.492 e. The largest absolute Gasteiger partial charge is 0.492 e. The van der Waals surface area contributed by atoms with E-state index in [-0.39, 0.29) is 28.6 Å². The molecule has 9 nitrogen and oxygen atoms in total. The zero-order chi connectivity index (χ0) is 22.7. The molecule has 0 aliphatic rings. The van der Waals surface area contributed by atoms with Crippen LogP contribution in [0.25, 0.3) is 11.0 Å². The number of aromatic nitrogens is 4. The molecule has 1 N–H and O–H groups in total. The number of hydrogen-bond donors (Lipinski definition) is 1. The molecule has 3 aromatic rings. The van der Waals surface area contributed by atoms with E-state index in [1.807, 2.05) is 32.9 Å². The van der Waals surface area contributed by atoms with Gasteiger partial charge in [0.15, 0.2) is 5.65 Å². The van der Waals surface area contributed by atoms with Gasteiger partial charge in [-0.2, -0.15) is 0 Å². The third-order valence-electron chi connectivity index (χ3n) is 4.60. The van der Waals surface area contributed by atoms with Crippen molar-refractivity contribution in [2.45, 2.75) is 31.7 Å². The number of amides is 1. The van der Waals surface area contributed by atoms with Gasteiger partial charge in [-0.05, 0) is 19.1 Å². The van der Waals surface area contributed by atoms with Crippen molar-refractivity contribution >= 4 is 34.4 Å². The van der Waals surface area contributed by atoms with E-state index in [9.17, 15) is 14.4 Å². The lowest BCUT2D eigenvalue weighted by Crippen LogP contribution is -2.38. The Hall–Kier alpha value is -3.14. The van der Waals surface area contributed by atoms with Crippen LogP contribution in [0.15, 0.2) is 38.9 Å². The van der Waals surface area contributed by atoms with E-state index >= 15 is 0 Å². The van der Waals surface area contributed by atoms with Crippen molar-refractivity contribution in [3.63, 3.8) is 0 Å². The van der Waals surface area contributed by atoms with Gasteiger partial charge in [-0.25, -0.2) is 14.8 Å². The van der Waals surface area contributed by atoms with Crippen molar-refractivity contribution < 1.29 is 9.53 Å². The summed E-state index contributed by atoms with van der Waals surface area (Å²) in [4.78, 5) is 46.7. The minimum atomic E-state index is -0.488. The third kappa shape index (κ3) is 4.63. The maximum absolute atomic E-state index is 12.8. The summed E-state index contributed by atoms with van der Waals surface area (Å²) in [5.41, 5.74) is -0.120. The highest BCUT2D eigenvalue weighted by atomic mass is 32.2. The van der Waals surface area contributed by atoms with Crippen molar-refractivity contribution in [2.75, 3.05) is 17.7 Å². The SMILES string of the molecule is CCOc1ccccc1NC(=O)CSc1nc(C(C)C)nc2c1c(=O)n(C)c(=O)n2C. The summed E-state index contributed by atoms with van der Waals surface area (Å²) in [5, 5.41) is 3.43. The average Bonchev–Trinajstić information content (AvgIpc) is 2.75. The van der Waals surface area contributed by atoms with Crippen molar-refractivity contribution in [1.82, 2.24) is 19.1 Å². The number of nitrogens with one attached hydrogen (secondary N) is 1. The van der Waals surface area contributed by atoms with Crippen LogP contribution in [0.2, 0.25) is 0 Å². The molecule has 0 aliphatic heterocycles. The zero-order valence-electron chi connectivity index (χ0n) is 18.1. The lowest BCUT2D eigenvalue weighted by atomic mass is 10.2. The Balaban J connectivity index is 1.95. The molecule has 0 fully saturated rings. The zero-order valence-corrected chi connectivity index (χ0v) is 18.9. The molecule has 0 bridgehead atoms. The third-order valence-corrected chi connectivity index (χ3v) is 5.58. The number of nitrogens with zero attached hydrogens (tertiary/aromatic N) is 4. The first-order chi connectivity index (χ1) is 14.7. The van der Waals surface area contributed by atoms with Crippen LogP contribution in [-0.2, 0) is 18.9 Å². The Morgan fingerprint density at radius 1 is 1.16 bits per heavy atom. The summed E-state index contributed by atoms with van der Waals surface area (Å²) in [5.74, 6) is 0.824. The molecule has 2 aromatic heterocycles. The topological polar surface area (TPSA) is 108 Å². The van der Waals surface area contributed by atoms with Gasteiger partial charge in [-0.15, -0.1) is 0 Å². The van der Waals surface area contributed by atoms with Crippen LogP contribution >= 0.6 is 11.8 Å². The van der Waals surface area contributed by atoms with Gasteiger partial charge >= 0.3 is 5.69 Å². The van der Waals surface area contributed by atoms with Crippen LogP contribution in [-0.4, -0.2) is 37.4 Å². The lowest BCUT2D eigenvalue weighted by molar-refractivity contribution is -0.113. The summed E-state index contributed by atoms with van der Waals surface area (Å²) in [7, 11) is 2.97. The highest BCUT2D eigenvalue weighted by molar-refractivity contribution is 8.00. The smallest absolute Gasteiger partial charge is 0.332 e. The number of hydrogen-bond acceptors (Lipinski definition) is 7. The number of carbonyl (C=O) groups excluding carboxylic acids is 1. The van der Waals surface area contributed by atoms with Gasteiger partial charge in [0.05, 0.1) is 18.0 Å². The van der Waals surface area contributed by atoms with Gasteiger partial charge in [0.1, 0.15) is 22.0 Å². The van der Waals surface area contributed by atoms with Crippen LogP contribution in [0.5, 0.6) is 5.75 Å². The second-order valence-electron chi connectivity index (χ2n) is 7.21. The van der Waals surface area contributed by atoms with Crippen LogP contribution in [0, 0.1) is 0 Å². The number of fused-ring (bicyclic) bond motifs is 1. The predicted molar refractivity (Wildman–Crippen MR) is 121 cm³/mol. The monoisotopic (exact) mass is 443 g/mol. The number of benzene rings is 1. The Labute approximate surface area is 183 Å². The van der Waals surface area contributed by atoms with Crippen molar-refractivity contribution in [1.29, 1.82) is 0 Å². The highest BCUT2D eigenvalue weighted by Gasteiger charge is 2.19. The molecule has 164 valence electrons. The molecule has 0 atom stereocenters. The molecular formula is C21H25N5O4S. The fourth-order valence-corrected chi connectivity index (χ4v) is 3.80. The van der Waals surface area contributed by atoms with Gasteiger partial charge in [-0.1, -0.05) is 37.7 Å². The number of anilines is 1. The molecule has 10 heteroatoms. The molecule has 0 aliphatic carbocycles. The first-order valence-electron chi connectivity index (χ1n) is 9.86. The normalized spacial score (nSPS) is 11.2. The molecule has 0 unspecified atom stereocenters. The van der Waals surface area contributed by atoms with Gasteiger partial charge in [0, 0.05) is 20.0 Å². The molecular weight excluding hydrogens is 418 g/mol. The molecule has 31 heavy (non-hydrogen) atoms. The first-order valence-corrected chi connectivity index (χ1v) is 10.8. The molecule has 2 heterocycles. The van der Waals surface area contributed by atoms with E-state index in [1.54, 1.807) is 19.2 Å².